The molecule has 2 atom stereocenters. The highest BCUT2D eigenvalue weighted by atomic mass is 16.6. The Labute approximate surface area is 123 Å². The molecule has 0 aromatic carbocycles. The molecule has 116 valence electrons. The normalized spacial score (nSPS) is 20.9. The van der Waals surface area contributed by atoms with Gasteiger partial charge in [-0.15, -0.1) is 0 Å². The van der Waals surface area contributed by atoms with E-state index in [0.717, 1.165) is 32.4 Å². The molecule has 0 bridgehead atoms. The molecule has 1 aliphatic heterocycles. The van der Waals surface area contributed by atoms with Gasteiger partial charge in [0.1, 0.15) is 5.60 Å². The summed E-state index contributed by atoms with van der Waals surface area (Å²) in [5.74, 6) is 0.482. The molecule has 0 aromatic heterocycles. The molecular formula is C16H30N2O2. The largest absolute Gasteiger partial charge is 0.444 e. The number of hydrogen-bond acceptors (Lipinski definition) is 3. The van der Waals surface area contributed by atoms with E-state index < -0.39 is 5.60 Å². The Hall–Kier alpha value is -1.03. The quantitative estimate of drug-likeness (QED) is 0.787. The van der Waals surface area contributed by atoms with E-state index in [1.165, 1.54) is 5.57 Å². The van der Waals surface area contributed by atoms with Crippen LogP contribution in [-0.2, 0) is 4.74 Å². The van der Waals surface area contributed by atoms with E-state index in [1.807, 2.05) is 32.7 Å². The Bertz CT molecular complexity index is 347. The average molecular weight is 282 g/mol. The molecule has 0 aromatic rings. The standard InChI is InChI=1S/C16H30N2O2/c1-7-12(2)10-14(17-6)13-8-9-18(11-13)15(19)20-16(3,4)5/h13-14,17H,2,7-11H2,1,3-6H3. The van der Waals surface area contributed by atoms with Gasteiger partial charge < -0.3 is 15.0 Å². The number of rotatable bonds is 5. The summed E-state index contributed by atoms with van der Waals surface area (Å²) in [5, 5.41) is 3.38. The summed E-state index contributed by atoms with van der Waals surface area (Å²) >= 11 is 0. The second-order valence-corrected chi connectivity index (χ2v) is 6.68. The summed E-state index contributed by atoms with van der Waals surface area (Å²) < 4.78 is 5.43. The first-order valence-corrected chi connectivity index (χ1v) is 7.58. The average Bonchev–Trinajstić information content (AvgIpc) is 2.83. The first-order chi connectivity index (χ1) is 9.26. The molecule has 4 heteroatoms. The third kappa shape index (κ3) is 5.16. The van der Waals surface area contributed by atoms with E-state index in [4.69, 9.17) is 4.74 Å². The van der Waals surface area contributed by atoms with Crippen LogP contribution in [0.2, 0.25) is 0 Å². The number of amides is 1. The fraction of sp³-hybridized carbons (Fsp3) is 0.812. The minimum absolute atomic E-state index is 0.191. The lowest BCUT2D eigenvalue weighted by atomic mass is 9.92. The Morgan fingerprint density at radius 2 is 2.15 bits per heavy atom. The lowest BCUT2D eigenvalue weighted by Crippen LogP contribution is -2.39. The monoisotopic (exact) mass is 282 g/mol. The maximum absolute atomic E-state index is 12.1. The van der Waals surface area contributed by atoms with Crippen molar-refractivity contribution >= 4 is 6.09 Å². The van der Waals surface area contributed by atoms with Gasteiger partial charge in [-0.1, -0.05) is 19.1 Å². The van der Waals surface area contributed by atoms with Crippen LogP contribution in [0.15, 0.2) is 12.2 Å². The summed E-state index contributed by atoms with van der Waals surface area (Å²) in [4.78, 5) is 13.9. The molecule has 4 nitrogen and oxygen atoms in total. The molecule has 1 aliphatic rings. The molecule has 20 heavy (non-hydrogen) atoms. The van der Waals surface area contributed by atoms with Crippen LogP contribution in [0.1, 0.15) is 47.0 Å². The molecule has 2 unspecified atom stereocenters. The van der Waals surface area contributed by atoms with E-state index in [2.05, 4.69) is 18.8 Å². The van der Waals surface area contributed by atoms with Gasteiger partial charge in [0.15, 0.2) is 0 Å². The molecule has 0 radical (unpaired) electrons. The number of ether oxygens (including phenoxy) is 1. The zero-order valence-electron chi connectivity index (χ0n) is 13.7. The van der Waals surface area contributed by atoms with Crippen molar-refractivity contribution < 1.29 is 9.53 Å². The van der Waals surface area contributed by atoms with Crippen molar-refractivity contribution in [3.63, 3.8) is 0 Å². The number of hydrogen-bond donors (Lipinski definition) is 1. The molecular weight excluding hydrogens is 252 g/mol. The fourth-order valence-corrected chi connectivity index (χ4v) is 2.57. The summed E-state index contributed by atoms with van der Waals surface area (Å²) in [6.45, 7) is 13.5. The van der Waals surface area contributed by atoms with Gasteiger partial charge in [-0.2, -0.15) is 0 Å². The molecule has 1 saturated heterocycles. The molecule has 1 amide bonds. The summed E-state index contributed by atoms with van der Waals surface area (Å²) in [7, 11) is 1.99. The minimum atomic E-state index is -0.423. The van der Waals surface area contributed by atoms with E-state index in [1.54, 1.807) is 0 Å². The smallest absolute Gasteiger partial charge is 0.410 e. The van der Waals surface area contributed by atoms with Crippen LogP contribution in [0, 0.1) is 5.92 Å². The second kappa shape index (κ2) is 7.11. The van der Waals surface area contributed by atoms with E-state index in [0.29, 0.717) is 12.0 Å². The Kier molecular flexibility index (Phi) is 6.06. The third-order valence-electron chi connectivity index (χ3n) is 3.82. The molecule has 1 rings (SSSR count). The summed E-state index contributed by atoms with van der Waals surface area (Å²) in [6, 6.07) is 0.398. The van der Waals surface area contributed by atoms with Gasteiger partial charge in [0.05, 0.1) is 0 Å². The van der Waals surface area contributed by atoms with E-state index >= 15 is 0 Å². The van der Waals surface area contributed by atoms with Crippen molar-refractivity contribution in [1.29, 1.82) is 0 Å². The van der Waals surface area contributed by atoms with Crippen LogP contribution in [0.4, 0.5) is 4.79 Å². The maximum Gasteiger partial charge on any atom is 0.410 e. The number of carbonyl (C=O) groups is 1. The third-order valence-corrected chi connectivity index (χ3v) is 3.82. The van der Waals surface area contributed by atoms with E-state index in [-0.39, 0.29) is 6.09 Å². The van der Waals surface area contributed by atoms with Crippen molar-refractivity contribution in [2.45, 2.75) is 58.6 Å². The molecule has 0 spiro atoms. The number of nitrogens with one attached hydrogen (secondary N) is 1. The highest BCUT2D eigenvalue weighted by molar-refractivity contribution is 5.68. The minimum Gasteiger partial charge on any atom is -0.444 e. The lowest BCUT2D eigenvalue weighted by Gasteiger charge is -2.26. The maximum atomic E-state index is 12.1. The highest BCUT2D eigenvalue weighted by Gasteiger charge is 2.33. The van der Waals surface area contributed by atoms with E-state index in [9.17, 15) is 4.79 Å². The van der Waals surface area contributed by atoms with Crippen LogP contribution >= 0.6 is 0 Å². The number of nitrogens with zero attached hydrogens (tertiary/aromatic N) is 1. The van der Waals surface area contributed by atoms with Crippen molar-refractivity contribution in [3.8, 4) is 0 Å². The Balaban J connectivity index is 2.53. The van der Waals surface area contributed by atoms with Crippen molar-refractivity contribution in [2.75, 3.05) is 20.1 Å². The first-order valence-electron chi connectivity index (χ1n) is 7.58. The molecule has 1 fully saturated rings. The number of carbonyl (C=O) groups excluding carboxylic acids is 1. The zero-order valence-corrected chi connectivity index (χ0v) is 13.7. The van der Waals surface area contributed by atoms with Crippen LogP contribution in [0.5, 0.6) is 0 Å². The highest BCUT2D eigenvalue weighted by Crippen LogP contribution is 2.25. The Morgan fingerprint density at radius 1 is 1.50 bits per heavy atom. The first kappa shape index (κ1) is 17.0. The van der Waals surface area contributed by atoms with Crippen molar-refractivity contribution in [2.24, 2.45) is 5.92 Å². The molecule has 1 heterocycles. The van der Waals surface area contributed by atoms with Crippen molar-refractivity contribution in [3.05, 3.63) is 12.2 Å². The lowest BCUT2D eigenvalue weighted by molar-refractivity contribution is 0.0285. The van der Waals surface area contributed by atoms with Gasteiger partial charge in [0.2, 0.25) is 0 Å². The SMILES string of the molecule is C=C(CC)CC(NC)C1CCN(C(=O)OC(C)(C)C)C1. The van der Waals surface area contributed by atoms with Gasteiger partial charge in [-0.05, 0) is 53.0 Å². The summed E-state index contributed by atoms with van der Waals surface area (Å²) in [6.07, 6.45) is 2.84. The van der Waals surface area contributed by atoms with Crippen LogP contribution in [0.3, 0.4) is 0 Å². The topological polar surface area (TPSA) is 41.6 Å². The number of likely N-dealkylation sites (tertiary alicyclic amines) is 1. The zero-order chi connectivity index (χ0) is 15.3. The van der Waals surface area contributed by atoms with Crippen LogP contribution < -0.4 is 5.32 Å². The summed E-state index contributed by atoms with van der Waals surface area (Å²) in [5.41, 5.74) is 0.841. The van der Waals surface area contributed by atoms with Crippen LogP contribution in [0.25, 0.3) is 0 Å². The second-order valence-electron chi connectivity index (χ2n) is 6.68. The Morgan fingerprint density at radius 3 is 2.65 bits per heavy atom. The predicted molar refractivity (Wildman–Crippen MR) is 82.8 cm³/mol. The molecule has 0 aliphatic carbocycles. The van der Waals surface area contributed by atoms with Gasteiger partial charge >= 0.3 is 6.09 Å². The van der Waals surface area contributed by atoms with Gasteiger partial charge in [0.25, 0.3) is 0 Å². The van der Waals surface area contributed by atoms with Crippen molar-refractivity contribution in [1.82, 2.24) is 10.2 Å². The van der Waals surface area contributed by atoms with Gasteiger partial charge in [0, 0.05) is 19.1 Å². The van der Waals surface area contributed by atoms with Gasteiger partial charge in [-0.25, -0.2) is 4.79 Å². The molecule has 1 N–H and O–H groups in total. The molecule has 0 saturated carbocycles. The van der Waals surface area contributed by atoms with Crippen LogP contribution in [-0.4, -0.2) is 42.8 Å². The van der Waals surface area contributed by atoms with Gasteiger partial charge in [-0.3, -0.25) is 0 Å². The fourth-order valence-electron chi connectivity index (χ4n) is 2.57. The predicted octanol–water partition coefficient (Wildman–Crippen LogP) is 3.19.